The summed E-state index contributed by atoms with van der Waals surface area (Å²) in [5.74, 6) is 0. The molecule has 7 heteroatoms. The third kappa shape index (κ3) is 4.71. The Kier molecular flexibility index (Phi) is 5.74. The smallest absolute Gasteiger partial charge is 0.229 e. The van der Waals surface area contributed by atoms with Gasteiger partial charge in [0, 0.05) is 11.1 Å². The Morgan fingerprint density at radius 2 is 1.94 bits per heavy atom. The first kappa shape index (κ1) is 16.5. The predicted molar refractivity (Wildman–Crippen MR) is 74.5 cm³/mol. The number of rotatable bonds is 3. The zero-order valence-electron chi connectivity index (χ0n) is 9.82. The Bertz CT molecular complexity index is 501. The van der Waals surface area contributed by atoms with E-state index in [1.54, 1.807) is 19.1 Å². The van der Waals surface area contributed by atoms with Gasteiger partial charge in [0.25, 0.3) is 0 Å². The van der Waals surface area contributed by atoms with Crippen molar-refractivity contribution in [1.29, 1.82) is 0 Å². The molecule has 3 N–H and O–H groups in total. The fraction of sp³-hybridized carbons (Fsp3) is 0.400. The van der Waals surface area contributed by atoms with E-state index in [2.05, 4.69) is 4.72 Å². The maximum atomic E-state index is 11.1. The topological polar surface area (TPSA) is 72.2 Å². The van der Waals surface area contributed by atoms with E-state index in [1.807, 2.05) is 6.92 Å². The quantitative estimate of drug-likeness (QED) is 0.900. The number of aryl methyl sites for hydroxylation is 1. The van der Waals surface area contributed by atoms with Crippen LogP contribution in [0.3, 0.4) is 0 Å². The van der Waals surface area contributed by atoms with Gasteiger partial charge in [-0.25, -0.2) is 8.42 Å². The van der Waals surface area contributed by atoms with Gasteiger partial charge in [-0.3, -0.25) is 4.72 Å². The summed E-state index contributed by atoms with van der Waals surface area (Å²) in [6, 6.07) is 3.19. The lowest BCUT2D eigenvalue weighted by Crippen LogP contribution is -2.12. The number of benzene rings is 1. The maximum absolute atomic E-state index is 11.1. The highest BCUT2D eigenvalue weighted by Gasteiger charge is 2.11. The Morgan fingerprint density at radius 1 is 1.41 bits per heavy atom. The molecule has 1 aromatic carbocycles. The molecule has 0 spiro atoms. The van der Waals surface area contributed by atoms with Crippen molar-refractivity contribution in [1.82, 2.24) is 0 Å². The molecule has 0 amide bonds. The fourth-order valence-corrected chi connectivity index (χ4v) is 2.32. The molecule has 0 heterocycles. The minimum atomic E-state index is -3.29. The van der Waals surface area contributed by atoms with Crippen molar-refractivity contribution >= 4 is 39.7 Å². The highest BCUT2D eigenvalue weighted by molar-refractivity contribution is 7.92. The van der Waals surface area contributed by atoms with E-state index < -0.39 is 10.0 Å². The van der Waals surface area contributed by atoms with Gasteiger partial charge in [0.15, 0.2) is 0 Å². The average Bonchev–Trinajstić information content (AvgIpc) is 2.07. The Hall–Kier alpha value is -0.490. The zero-order valence-corrected chi connectivity index (χ0v) is 12.2. The Balaban J connectivity index is 0.00000256. The van der Waals surface area contributed by atoms with Gasteiger partial charge in [-0.2, -0.15) is 0 Å². The van der Waals surface area contributed by atoms with Gasteiger partial charge >= 0.3 is 0 Å². The molecule has 0 radical (unpaired) electrons. The summed E-state index contributed by atoms with van der Waals surface area (Å²) in [6.45, 7) is 3.63. The van der Waals surface area contributed by atoms with Crippen molar-refractivity contribution in [3.63, 3.8) is 0 Å². The molecule has 0 aliphatic heterocycles. The van der Waals surface area contributed by atoms with Crippen LogP contribution in [0.1, 0.15) is 24.1 Å². The molecule has 0 aromatic heterocycles. The van der Waals surface area contributed by atoms with Gasteiger partial charge in [0.05, 0.1) is 11.9 Å². The van der Waals surface area contributed by atoms with Crippen LogP contribution in [0.15, 0.2) is 12.1 Å². The molecule has 4 nitrogen and oxygen atoms in total. The third-order valence-corrected chi connectivity index (χ3v) is 3.05. The van der Waals surface area contributed by atoms with Crippen molar-refractivity contribution in [3.05, 3.63) is 28.3 Å². The summed E-state index contributed by atoms with van der Waals surface area (Å²) in [5, 5.41) is 0.465. The highest BCUT2D eigenvalue weighted by atomic mass is 35.5. The van der Waals surface area contributed by atoms with Gasteiger partial charge in [-0.15, -0.1) is 12.4 Å². The lowest BCUT2D eigenvalue weighted by atomic mass is 10.1. The van der Waals surface area contributed by atoms with Crippen LogP contribution in [0.4, 0.5) is 5.69 Å². The van der Waals surface area contributed by atoms with Gasteiger partial charge in [0.2, 0.25) is 10.0 Å². The van der Waals surface area contributed by atoms with Crippen LogP contribution >= 0.6 is 24.0 Å². The van der Waals surface area contributed by atoms with Crippen molar-refractivity contribution in [2.75, 3.05) is 11.0 Å². The van der Waals surface area contributed by atoms with Crippen molar-refractivity contribution < 1.29 is 8.42 Å². The van der Waals surface area contributed by atoms with Crippen LogP contribution in [-0.2, 0) is 10.0 Å². The summed E-state index contributed by atoms with van der Waals surface area (Å²) in [6.07, 6.45) is 1.10. The van der Waals surface area contributed by atoms with Gasteiger partial charge in [0.1, 0.15) is 0 Å². The summed E-state index contributed by atoms with van der Waals surface area (Å²) in [7, 11) is -3.29. The van der Waals surface area contributed by atoms with E-state index in [9.17, 15) is 8.42 Å². The number of halogens is 2. The van der Waals surface area contributed by atoms with E-state index in [0.29, 0.717) is 10.7 Å². The third-order valence-electron chi connectivity index (χ3n) is 2.13. The number of nitrogens with two attached hydrogens (primary N) is 1. The molecule has 1 rings (SSSR count). The van der Waals surface area contributed by atoms with E-state index in [-0.39, 0.29) is 18.4 Å². The summed E-state index contributed by atoms with van der Waals surface area (Å²) in [4.78, 5) is 0. The number of hydrogen-bond donors (Lipinski definition) is 2. The molecule has 98 valence electrons. The van der Waals surface area contributed by atoms with Crippen LogP contribution in [0, 0.1) is 6.92 Å². The second-order valence-corrected chi connectivity index (χ2v) is 6.01. The lowest BCUT2D eigenvalue weighted by Gasteiger charge is -2.13. The normalized spacial score (nSPS) is 12.8. The first-order chi connectivity index (χ1) is 7.20. The highest BCUT2D eigenvalue weighted by Crippen LogP contribution is 2.28. The van der Waals surface area contributed by atoms with Crippen LogP contribution in [0.2, 0.25) is 5.02 Å². The standard InChI is InChI=1S/C10H15ClN2O2S.ClH/c1-6-4-8(7(2)12)9(11)5-10(6)13-16(3,14)15;/h4-5,7,13H,12H2,1-3H3;1H/t7-;/m1./s1. The Labute approximate surface area is 113 Å². The second kappa shape index (κ2) is 5.91. The molecule has 0 saturated carbocycles. The molecular weight excluding hydrogens is 283 g/mol. The molecule has 1 aromatic rings. The van der Waals surface area contributed by atoms with Gasteiger partial charge in [-0.05, 0) is 31.0 Å². The number of nitrogens with one attached hydrogen (secondary N) is 1. The maximum Gasteiger partial charge on any atom is 0.229 e. The van der Waals surface area contributed by atoms with Crippen molar-refractivity contribution in [2.24, 2.45) is 5.73 Å². The molecule has 0 unspecified atom stereocenters. The van der Waals surface area contributed by atoms with E-state index in [1.165, 1.54) is 0 Å². The summed E-state index contributed by atoms with van der Waals surface area (Å²) in [5.41, 5.74) is 7.82. The monoisotopic (exact) mass is 298 g/mol. The largest absolute Gasteiger partial charge is 0.324 e. The molecule has 0 aliphatic carbocycles. The molecule has 1 atom stereocenters. The minimum absolute atomic E-state index is 0. The first-order valence-electron chi connectivity index (χ1n) is 4.74. The van der Waals surface area contributed by atoms with E-state index >= 15 is 0 Å². The van der Waals surface area contributed by atoms with Gasteiger partial charge < -0.3 is 5.73 Å². The van der Waals surface area contributed by atoms with E-state index in [4.69, 9.17) is 17.3 Å². The fourth-order valence-electron chi connectivity index (χ4n) is 1.36. The van der Waals surface area contributed by atoms with Crippen LogP contribution in [0.25, 0.3) is 0 Å². The second-order valence-electron chi connectivity index (χ2n) is 3.85. The predicted octanol–water partition coefficient (Wildman–Crippen LogP) is 2.46. The SMILES string of the molecule is Cc1cc([C@@H](C)N)c(Cl)cc1NS(C)(=O)=O.Cl. The molecule has 0 saturated heterocycles. The van der Waals surface area contributed by atoms with Crippen LogP contribution in [-0.4, -0.2) is 14.7 Å². The molecule has 17 heavy (non-hydrogen) atoms. The van der Waals surface area contributed by atoms with Crippen molar-refractivity contribution in [3.8, 4) is 0 Å². The van der Waals surface area contributed by atoms with Crippen molar-refractivity contribution in [2.45, 2.75) is 19.9 Å². The molecule has 0 fully saturated rings. The molecular formula is C10H16Cl2N2O2S. The zero-order chi connectivity index (χ0) is 12.5. The van der Waals surface area contributed by atoms with Crippen LogP contribution < -0.4 is 10.5 Å². The molecule has 0 aliphatic rings. The lowest BCUT2D eigenvalue weighted by molar-refractivity contribution is 0.607. The van der Waals surface area contributed by atoms with Gasteiger partial charge in [-0.1, -0.05) is 17.7 Å². The number of sulfonamides is 1. The first-order valence-corrected chi connectivity index (χ1v) is 7.01. The average molecular weight is 299 g/mol. The minimum Gasteiger partial charge on any atom is -0.324 e. The molecule has 0 bridgehead atoms. The summed E-state index contributed by atoms with van der Waals surface area (Å²) >= 11 is 6.01. The van der Waals surface area contributed by atoms with E-state index in [0.717, 1.165) is 17.4 Å². The number of anilines is 1. The Morgan fingerprint density at radius 3 is 2.35 bits per heavy atom. The van der Waals surface area contributed by atoms with Crippen LogP contribution in [0.5, 0.6) is 0 Å². The summed E-state index contributed by atoms with van der Waals surface area (Å²) < 4.78 is 24.6. The number of hydrogen-bond acceptors (Lipinski definition) is 3.